The molecule has 110 valence electrons. The first-order valence-corrected chi connectivity index (χ1v) is 7.96. The van der Waals surface area contributed by atoms with Crippen molar-refractivity contribution in [3.8, 4) is 0 Å². The van der Waals surface area contributed by atoms with Crippen molar-refractivity contribution in [1.29, 1.82) is 0 Å². The van der Waals surface area contributed by atoms with Crippen LogP contribution in [0.1, 0.15) is 40.0 Å². The Morgan fingerprint density at radius 1 is 1.47 bits per heavy atom. The van der Waals surface area contributed by atoms with Gasteiger partial charge in [-0.1, -0.05) is 33.6 Å². The normalized spacial score (nSPS) is 24.3. The summed E-state index contributed by atoms with van der Waals surface area (Å²) in [4.78, 5) is 24.9. The molecule has 1 heterocycles. The van der Waals surface area contributed by atoms with Gasteiger partial charge in [-0.05, 0) is 12.3 Å². The topological polar surface area (TPSA) is 69.6 Å². The number of amides is 2. The van der Waals surface area contributed by atoms with Crippen LogP contribution in [0.5, 0.6) is 0 Å². The summed E-state index contributed by atoms with van der Waals surface area (Å²) in [5.74, 6) is -0.0200. The lowest BCUT2D eigenvalue weighted by molar-refractivity contribution is -0.141. The molecule has 5 nitrogen and oxygen atoms in total. The summed E-state index contributed by atoms with van der Waals surface area (Å²) in [6.45, 7) is 6.78. The van der Waals surface area contributed by atoms with Crippen LogP contribution in [0.15, 0.2) is 0 Å². The molecule has 1 rings (SSSR count). The van der Waals surface area contributed by atoms with E-state index in [2.05, 4.69) is 19.2 Å². The second-order valence-corrected chi connectivity index (χ2v) is 6.25. The molecule has 2 N–H and O–H groups in total. The van der Waals surface area contributed by atoms with Crippen LogP contribution in [0.3, 0.4) is 0 Å². The van der Waals surface area contributed by atoms with E-state index in [0.717, 1.165) is 19.3 Å². The molecule has 0 aromatic carbocycles. The molecule has 1 saturated heterocycles. The number of nitrogens with zero attached hydrogens (tertiary/aromatic N) is 1. The SMILES string of the molecule is CCCC1SCC(C(=O)O)N1C(=O)NCC(C)CC. The van der Waals surface area contributed by atoms with Crippen LogP contribution in [0.2, 0.25) is 0 Å². The Labute approximate surface area is 119 Å². The maximum atomic E-state index is 12.2. The minimum absolute atomic E-state index is 0.0111. The van der Waals surface area contributed by atoms with E-state index in [1.807, 2.05) is 6.92 Å². The standard InChI is InChI=1S/C13H24N2O3S/c1-4-6-11-15(10(8-19-11)12(16)17)13(18)14-7-9(3)5-2/h9-11H,4-8H2,1-3H3,(H,14,18)(H,16,17). The number of carboxylic acid groups (broad SMARTS) is 1. The highest BCUT2D eigenvalue weighted by Crippen LogP contribution is 2.32. The van der Waals surface area contributed by atoms with Crippen LogP contribution >= 0.6 is 11.8 Å². The van der Waals surface area contributed by atoms with Crippen LogP contribution in [0.4, 0.5) is 4.79 Å². The van der Waals surface area contributed by atoms with Gasteiger partial charge in [-0.15, -0.1) is 11.8 Å². The summed E-state index contributed by atoms with van der Waals surface area (Å²) in [6, 6.07) is -0.936. The Morgan fingerprint density at radius 3 is 2.68 bits per heavy atom. The fourth-order valence-electron chi connectivity index (χ4n) is 1.99. The van der Waals surface area contributed by atoms with Crippen LogP contribution in [0, 0.1) is 5.92 Å². The summed E-state index contributed by atoms with van der Waals surface area (Å²) in [7, 11) is 0. The average molecular weight is 288 g/mol. The van der Waals surface area contributed by atoms with E-state index in [-0.39, 0.29) is 11.4 Å². The van der Waals surface area contributed by atoms with Gasteiger partial charge in [0.25, 0.3) is 0 Å². The van der Waals surface area contributed by atoms with Crippen LogP contribution < -0.4 is 5.32 Å². The van der Waals surface area contributed by atoms with Crippen molar-refractivity contribution in [2.75, 3.05) is 12.3 Å². The van der Waals surface area contributed by atoms with E-state index in [9.17, 15) is 14.7 Å². The zero-order valence-electron chi connectivity index (χ0n) is 11.9. The van der Waals surface area contributed by atoms with Gasteiger partial charge in [0.1, 0.15) is 6.04 Å². The Hall–Kier alpha value is -0.910. The number of urea groups is 1. The van der Waals surface area contributed by atoms with Gasteiger partial charge in [0.05, 0.1) is 5.37 Å². The minimum Gasteiger partial charge on any atom is -0.480 e. The molecule has 0 saturated carbocycles. The van der Waals surface area contributed by atoms with Gasteiger partial charge < -0.3 is 10.4 Å². The Balaban J connectivity index is 2.66. The maximum Gasteiger partial charge on any atom is 0.327 e. The van der Waals surface area contributed by atoms with Crippen molar-refractivity contribution in [2.24, 2.45) is 5.92 Å². The minimum atomic E-state index is -0.912. The predicted octanol–water partition coefficient (Wildman–Crippen LogP) is 2.37. The van der Waals surface area contributed by atoms with Gasteiger partial charge in [-0.3, -0.25) is 4.90 Å². The average Bonchev–Trinajstić information content (AvgIpc) is 2.80. The molecular formula is C13H24N2O3S. The van der Waals surface area contributed by atoms with Gasteiger partial charge in [0.2, 0.25) is 0 Å². The molecule has 1 aliphatic rings. The number of thioether (sulfide) groups is 1. The van der Waals surface area contributed by atoms with Gasteiger partial charge >= 0.3 is 12.0 Å². The smallest absolute Gasteiger partial charge is 0.327 e. The third kappa shape index (κ3) is 4.30. The molecule has 0 radical (unpaired) electrons. The molecule has 6 heteroatoms. The molecule has 0 aromatic heterocycles. The molecule has 0 aliphatic carbocycles. The van der Waals surface area contributed by atoms with Crippen molar-refractivity contribution < 1.29 is 14.7 Å². The highest BCUT2D eigenvalue weighted by atomic mass is 32.2. The maximum absolute atomic E-state index is 12.2. The number of carbonyl (C=O) groups is 2. The summed E-state index contributed by atoms with van der Waals surface area (Å²) in [5, 5.41) is 12.1. The van der Waals surface area contributed by atoms with Crippen molar-refractivity contribution in [3.05, 3.63) is 0 Å². The highest BCUT2D eigenvalue weighted by molar-refractivity contribution is 8.00. The monoisotopic (exact) mass is 288 g/mol. The molecule has 1 aliphatic heterocycles. The van der Waals surface area contributed by atoms with E-state index in [1.165, 1.54) is 4.90 Å². The molecule has 3 atom stereocenters. The van der Waals surface area contributed by atoms with Crippen molar-refractivity contribution in [3.63, 3.8) is 0 Å². The van der Waals surface area contributed by atoms with E-state index >= 15 is 0 Å². The summed E-state index contributed by atoms with van der Waals surface area (Å²) < 4.78 is 0. The van der Waals surface area contributed by atoms with Gasteiger partial charge in [0, 0.05) is 12.3 Å². The lowest BCUT2D eigenvalue weighted by Crippen LogP contribution is -2.50. The molecule has 0 spiro atoms. The van der Waals surface area contributed by atoms with Crippen molar-refractivity contribution in [2.45, 2.75) is 51.4 Å². The lowest BCUT2D eigenvalue weighted by atomic mass is 10.1. The molecule has 3 unspecified atom stereocenters. The highest BCUT2D eigenvalue weighted by Gasteiger charge is 2.41. The molecule has 1 fully saturated rings. The third-order valence-corrected chi connectivity index (χ3v) is 4.80. The van der Waals surface area contributed by atoms with E-state index in [0.29, 0.717) is 18.2 Å². The Morgan fingerprint density at radius 2 is 2.16 bits per heavy atom. The van der Waals surface area contributed by atoms with Crippen LogP contribution in [-0.4, -0.2) is 45.7 Å². The first kappa shape index (κ1) is 16.1. The largest absolute Gasteiger partial charge is 0.480 e. The number of carboxylic acids is 1. The zero-order valence-corrected chi connectivity index (χ0v) is 12.7. The summed E-state index contributed by atoms with van der Waals surface area (Å²) in [5.41, 5.74) is 0. The molecule has 19 heavy (non-hydrogen) atoms. The third-order valence-electron chi connectivity index (χ3n) is 3.45. The number of hydrogen-bond donors (Lipinski definition) is 2. The fraction of sp³-hybridized carbons (Fsp3) is 0.846. The summed E-state index contributed by atoms with van der Waals surface area (Å²) >= 11 is 1.56. The van der Waals surface area contributed by atoms with E-state index in [4.69, 9.17) is 0 Å². The first-order chi connectivity index (χ1) is 9.01. The molecule has 2 amide bonds. The predicted molar refractivity (Wildman–Crippen MR) is 77.3 cm³/mol. The van der Waals surface area contributed by atoms with Gasteiger partial charge in [-0.2, -0.15) is 0 Å². The zero-order chi connectivity index (χ0) is 14.4. The fourth-order valence-corrected chi connectivity index (χ4v) is 3.51. The number of rotatable bonds is 6. The summed E-state index contributed by atoms with van der Waals surface area (Å²) in [6.07, 6.45) is 2.78. The van der Waals surface area contributed by atoms with Crippen LogP contribution in [-0.2, 0) is 4.79 Å². The van der Waals surface area contributed by atoms with E-state index < -0.39 is 12.0 Å². The number of aliphatic carboxylic acids is 1. The number of carbonyl (C=O) groups excluding carboxylic acids is 1. The van der Waals surface area contributed by atoms with E-state index in [1.54, 1.807) is 11.8 Å². The van der Waals surface area contributed by atoms with Crippen molar-refractivity contribution >= 4 is 23.8 Å². The van der Waals surface area contributed by atoms with Crippen LogP contribution in [0.25, 0.3) is 0 Å². The Bertz CT molecular complexity index is 325. The molecule has 0 bridgehead atoms. The first-order valence-electron chi connectivity index (χ1n) is 6.91. The number of hydrogen-bond acceptors (Lipinski definition) is 3. The lowest BCUT2D eigenvalue weighted by Gasteiger charge is -2.27. The van der Waals surface area contributed by atoms with Gasteiger partial charge in [-0.25, -0.2) is 9.59 Å². The Kier molecular flexibility index (Phi) is 6.48. The quantitative estimate of drug-likeness (QED) is 0.787. The second kappa shape index (κ2) is 7.62. The number of nitrogens with one attached hydrogen (secondary N) is 1. The van der Waals surface area contributed by atoms with Crippen molar-refractivity contribution in [1.82, 2.24) is 10.2 Å². The molecule has 0 aromatic rings. The second-order valence-electron chi connectivity index (χ2n) is 5.04. The molecular weight excluding hydrogens is 264 g/mol. The van der Waals surface area contributed by atoms with Gasteiger partial charge in [0.15, 0.2) is 0 Å².